The number of furan rings is 1. The van der Waals surface area contributed by atoms with Crippen molar-refractivity contribution >= 4 is 34.2 Å². The number of hydrogen-bond acceptors (Lipinski definition) is 4. The SMILES string of the molecule is Cc1cc2cc(/C=C/C(=O)c3cncs3)oc2cc1C. The summed E-state index contributed by atoms with van der Waals surface area (Å²) in [6, 6.07) is 6.06. The molecule has 1 aromatic carbocycles. The number of carbonyl (C=O) groups excluding carboxylic acids is 1. The fourth-order valence-electron chi connectivity index (χ4n) is 1.98. The summed E-state index contributed by atoms with van der Waals surface area (Å²) in [4.78, 5) is 16.4. The van der Waals surface area contributed by atoms with Gasteiger partial charge in [-0.25, -0.2) is 0 Å². The van der Waals surface area contributed by atoms with E-state index in [1.54, 1.807) is 17.8 Å². The van der Waals surface area contributed by atoms with Crippen LogP contribution in [0.5, 0.6) is 0 Å². The van der Waals surface area contributed by atoms with Gasteiger partial charge in [-0.15, -0.1) is 11.3 Å². The Morgan fingerprint density at radius 3 is 2.80 bits per heavy atom. The lowest BCUT2D eigenvalue weighted by Gasteiger charge is -1.97. The smallest absolute Gasteiger partial charge is 0.197 e. The third-order valence-electron chi connectivity index (χ3n) is 3.23. The predicted molar refractivity (Wildman–Crippen MR) is 81.2 cm³/mol. The Bertz CT molecular complexity index is 758. The Labute approximate surface area is 120 Å². The molecule has 0 aliphatic carbocycles. The predicted octanol–water partition coefficient (Wildman–Crippen LogP) is 4.40. The Morgan fingerprint density at radius 1 is 1.25 bits per heavy atom. The van der Waals surface area contributed by atoms with Crippen LogP contribution in [0.4, 0.5) is 0 Å². The number of allylic oxidation sites excluding steroid dienone is 1. The number of fused-ring (bicyclic) bond motifs is 1. The average Bonchev–Trinajstić information content (AvgIpc) is 3.05. The summed E-state index contributed by atoms with van der Waals surface area (Å²) in [6.45, 7) is 4.13. The van der Waals surface area contributed by atoms with Gasteiger partial charge in [0.1, 0.15) is 11.3 Å². The van der Waals surface area contributed by atoms with Crippen molar-refractivity contribution in [2.24, 2.45) is 0 Å². The third kappa shape index (κ3) is 2.42. The normalized spacial score (nSPS) is 11.5. The Kier molecular flexibility index (Phi) is 3.24. The monoisotopic (exact) mass is 283 g/mol. The van der Waals surface area contributed by atoms with Crippen LogP contribution in [0, 0.1) is 13.8 Å². The van der Waals surface area contributed by atoms with Crippen molar-refractivity contribution < 1.29 is 9.21 Å². The van der Waals surface area contributed by atoms with Crippen LogP contribution in [0.1, 0.15) is 26.6 Å². The first-order chi connectivity index (χ1) is 9.63. The molecular formula is C16H13NO2S. The van der Waals surface area contributed by atoms with Gasteiger partial charge >= 0.3 is 0 Å². The Morgan fingerprint density at radius 2 is 2.05 bits per heavy atom. The van der Waals surface area contributed by atoms with Crippen molar-refractivity contribution in [1.82, 2.24) is 4.98 Å². The second-order valence-electron chi connectivity index (χ2n) is 4.69. The van der Waals surface area contributed by atoms with E-state index in [1.165, 1.54) is 28.5 Å². The largest absolute Gasteiger partial charge is 0.457 e. The highest BCUT2D eigenvalue weighted by Gasteiger charge is 2.06. The minimum Gasteiger partial charge on any atom is -0.457 e. The molecule has 100 valence electrons. The topological polar surface area (TPSA) is 43.1 Å². The molecule has 4 heteroatoms. The number of thiazole rings is 1. The second kappa shape index (κ2) is 5.06. The maximum absolute atomic E-state index is 11.8. The molecule has 0 radical (unpaired) electrons. The lowest BCUT2D eigenvalue weighted by Crippen LogP contribution is -1.88. The van der Waals surface area contributed by atoms with E-state index in [1.807, 2.05) is 12.1 Å². The number of ketones is 1. The summed E-state index contributed by atoms with van der Waals surface area (Å²) in [5.74, 6) is 0.628. The van der Waals surface area contributed by atoms with Gasteiger partial charge in [0.15, 0.2) is 5.78 Å². The van der Waals surface area contributed by atoms with Gasteiger partial charge in [-0.2, -0.15) is 0 Å². The van der Waals surface area contributed by atoms with E-state index in [9.17, 15) is 4.79 Å². The number of carbonyl (C=O) groups is 1. The van der Waals surface area contributed by atoms with Crippen molar-refractivity contribution in [2.75, 3.05) is 0 Å². The van der Waals surface area contributed by atoms with Gasteiger partial charge in [0.25, 0.3) is 0 Å². The molecule has 0 aliphatic rings. The standard InChI is InChI=1S/C16H13NO2S/c1-10-5-12-7-13(19-15(12)6-11(10)2)3-4-14(18)16-8-17-9-20-16/h3-9H,1-2H3/b4-3+. The van der Waals surface area contributed by atoms with Gasteiger partial charge in [0.05, 0.1) is 10.4 Å². The summed E-state index contributed by atoms with van der Waals surface area (Å²) >= 11 is 1.33. The van der Waals surface area contributed by atoms with Crippen LogP contribution in [0.25, 0.3) is 17.0 Å². The van der Waals surface area contributed by atoms with Crippen molar-refractivity contribution in [3.63, 3.8) is 0 Å². The molecule has 0 spiro atoms. The summed E-state index contributed by atoms with van der Waals surface area (Å²) in [5.41, 5.74) is 4.92. The number of rotatable bonds is 3. The summed E-state index contributed by atoms with van der Waals surface area (Å²) in [7, 11) is 0. The second-order valence-corrected chi connectivity index (χ2v) is 5.57. The van der Waals surface area contributed by atoms with Crippen LogP contribution in [-0.4, -0.2) is 10.8 Å². The fraction of sp³-hybridized carbons (Fsp3) is 0.125. The maximum atomic E-state index is 11.8. The molecular weight excluding hydrogens is 270 g/mol. The molecule has 0 aliphatic heterocycles. The van der Waals surface area contributed by atoms with Gasteiger partial charge in [-0.3, -0.25) is 9.78 Å². The molecule has 0 fully saturated rings. The minimum absolute atomic E-state index is 0.0553. The lowest BCUT2D eigenvalue weighted by molar-refractivity contribution is 0.105. The van der Waals surface area contributed by atoms with Gasteiger partial charge in [0, 0.05) is 11.6 Å². The summed E-state index contributed by atoms with van der Waals surface area (Å²) in [5, 5.41) is 1.05. The molecule has 0 N–H and O–H groups in total. The zero-order valence-corrected chi connectivity index (χ0v) is 12.0. The van der Waals surface area contributed by atoms with Gasteiger partial charge in [0.2, 0.25) is 0 Å². The van der Waals surface area contributed by atoms with E-state index in [0.717, 1.165) is 11.0 Å². The van der Waals surface area contributed by atoms with Gasteiger partial charge in [-0.1, -0.05) is 0 Å². The van der Waals surface area contributed by atoms with Gasteiger partial charge in [-0.05, 0) is 55.3 Å². The van der Waals surface area contributed by atoms with Gasteiger partial charge < -0.3 is 4.42 Å². The molecule has 0 unspecified atom stereocenters. The Hall–Kier alpha value is -2.20. The first-order valence-electron chi connectivity index (χ1n) is 6.25. The quantitative estimate of drug-likeness (QED) is 0.528. The molecule has 3 aromatic rings. The number of nitrogens with zero attached hydrogens (tertiary/aromatic N) is 1. The van der Waals surface area contributed by atoms with Crippen molar-refractivity contribution in [3.8, 4) is 0 Å². The molecule has 3 nitrogen and oxygen atoms in total. The van der Waals surface area contributed by atoms with Crippen LogP contribution in [-0.2, 0) is 0 Å². The molecule has 20 heavy (non-hydrogen) atoms. The van der Waals surface area contributed by atoms with Crippen LogP contribution in [0.15, 0.2) is 40.4 Å². The van der Waals surface area contributed by atoms with E-state index in [2.05, 4.69) is 24.9 Å². The van der Waals surface area contributed by atoms with E-state index in [0.29, 0.717) is 10.6 Å². The highest BCUT2D eigenvalue weighted by molar-refractivity contribution is 7.11. The van der Waals surface area contributed by atoms with Crippen LogP contribution in [0.3, 0.4) is 0 Å². The molecule has 0 saturated carbocycles. The van der Waals surface area contributed by atoms with Crippen LogP contribution < -0.4 is 0 Å². The number of benzene rings is 1. The number of aryl methyl sites for hydroxylation is 2. The molecule has 0 amide bonds. The van der Waals surface area contributed by atoms with Crippen molar-refractivity contribution in [1.29, 1.82) is 0 Å². The lowest BCUT2D eigenvalue weighted by atomic mass is 10.1. The molecule has 2 aromatic heterocycles. The molecule has 0 atom stereocenters. The van der Waals surface area contributed by atoms with E-state index in [-0.39, 0.29) is 5.78 Å². The number of hydrogen-bond donors (Lipinski definition) is 0. The van der Waals surface area contributed by atoms with Crippen molar-refractivity contribution in [3.05, 3.63) is 57.7 Å². The van der Waals surface area contributed by atoms with E-state index < -0.39 is 0 Å². The summed E-state index contributed by atoms with van der Waals surface area (Å²) < 4.78 is 5.72. The zero-order chi connectivity index (χ0) is 14.1. The highest BCUT2D eigenvalue weighted by atomic mass is 32.1. The van der Waals surface area contributed by atoms with Crippen LogP contribution >= 0.6 is 11.3 Å². The van der Waals surface area contributed by atoms with Crippen LogP contribution in [0.2, 0.25) is 0 Å². The fourth-order valence-corrected chi connectivity index (χ4v) is 2.52. The van der Waals surface area contributed by atoms with E-state index >= 15 is 0 Å². The zero-order valence-electron chi connectivity index (χ0n) is 11.2. The van der Waals surface area contributed by atoms with Crippen molar-refractivity contribution in [2.45, 2.75) is 13.8 Å². The first-order valence-corrected chi connectivity index (χ1v) is 7.13. The number of aromatic nitrogens is 1. The molecule has 2 heterocycles. The first kappa shape index (κ1) is 12.8. The average molecular weight is 283 g/mol. The highest BCUT2D eigenvalue weighted by Crippen LogP contribution is 2.24. The molecule has 0 bridgehead atoms. The molecule has 3 rings (SSSR count). The summed E-state index contributed by atoms with van der Waals surface area (Å²) in [6.07, 6.45) is 4.79. The minimum atomic E-state index is -0.0553. The molecule has 0 saturated heterocycles. The Balaban J connectivity index is 1.89. The van der Waals surface area contributed by atoms with E-state index in [4.69, 9.17) is 4.42 Å². The third-order valence-corrected chi connectivity index (χ3v) is 4.01. The maximum Gasteiger partial charge on any atom is 0.197 e.